The molecule has 1 amide bonds. The number of ether oxygens (including phenoxy) is 1. The van der Waals surface area contributed by atoms with Gasteiger partial charge in [0.2, 0.25) is 5.91 Å². The summed E-state index contributed by atoms with van der Waals surface area (Å²) in [6.07, 6.45) is 2.18. The Kier molecular flexibility index (Phi) is 10.6. The highest BCUT2D eigenvalue weighted by Gasteiger charge is 2.28. The van der Waals surface area contributed by atoms with E-state index in [2.05, 4.69) is 10.2 Å². The van der Waals surface area contributed by atoms with Crippen molar-refractivity contribution in [2.24, 2.45) is 5.92 Å². The minimum Gasteiger partial charge on any atom is -0.383 e. The molecule has 1 unspecified atom stereocenters. The zero-order valence-electron chi connectivity index (χ0n) is 12.2. The molecule has 5 nitrogen and oxygen atoms in total. The van der Waals surface area contributed by atoms with Gasteiger partial charge in [-0.3, -0.25) is 9.69 Å². The van der Waals surface area contributed by atoms with Gasteiger partial charge in [-0.15, -0.1) is 24.8 Å². The summed E-state index contributed by atoms with van der Waals surface area (Å²) in [6.45, 7) is 7.39. The Morgan fingerprint density at radius 1 is 1.25 bits per heavy atom. The van der Waals surface area contributed by atoms with Gasteiger partial charge in [0.1, 0.15) is 0 Å². The third kappa shape index (κ3) is 5.74. The van der Waals surface area contributed by atoms with Crippen LogP contribution in [0.3, 0.4) is 0 Å². The maximum absolute atomic E-state index is 12.3. The third-order valence-corrected chi connectivity index (χ3v) is 3.94. The van der Waals surface area contributed by atoms with Gasteiger partial charge < -0.3 is 15.0 Å². The molecule has 2 fully saturated rings. The average molecular weight is 328 g/mol. The first-order chi connectivity index (χ1) is 8.81. The number of piperazine rings is 1. The molecular formula is C13H27Cl2N3O2. The van der Waals surface area contributed by atoms with Crippen molar-refractivity contribution in [3.05, 3.63) is 0 Å². The maximum atomic E-state index is 12.3. The number of nitrogens with zero attached hydrogens (tertiary/aromatic N) is 2. The molecule has 0 aromatic heterocycles. The number of hydrogen-bond acceptors (Lipinski definition) is 4. The molecular weight excluding hydrogens is 301 g/mol. The second-order valence-corrected chi connectivity index (χ2v) is 5.20. The number of nitrogens with one attached hydrogen (secondary N) is 1. The summed E-state index contributed by atoms with van der Waals surface area (Å²) < 4.78 is 5.08. The normalized spacial score (nSPS) is 23.6. The maximum Gasteiger partial charge on any atom is 0.227 e. The van der Waals surface area contributed by atoms with Crippen LogP contribution in [-0.4, -0.2) is 75.2 Å². The fourth-order valence-electron chi connectivity index (χ4n) is 2.73. The van der Waals surface area contributed by atoms with Gasteiger partial charge >= 0.3 is 0 Å². The molecule has 2 rings (SSSR count). The van der Waals surface area contributed by atoms with E-state index in [-0.39, 0.29) is 30.7 Å². The van der Waals surface area contributed by atoms with Crippen molar-refractivity contribution in [1.82, 2.24) is 15.1 Å². The van der Waals surface area contributed by atoms with E-state index in [4.69, 9.17) is 4.74 Å². The van der Waals surface area contributed by atoms with Gasteiger partial charge in [0.15, 0.2) is 0 Å². The van der Waals surface area contributed by atoms with Crippen LogP contribution < -0.4 is 5.32 Å². The molecule has 1 atom stereocenters. The molecule has 120 valence electrons. The number of methoxy groups -OCH3 is 1. The second-order valence-electron chi connectivity index (χ2n) is 5.20. The van der Waals surface area contributed by atoms with Crippen LogP contribution in [0.15, 0.2) is 0 Å². The monoisotopic (exact) mass is 327 g/mol. The number of hydrogen-bond donors (Lipinski definition) is 1. The van der Waals surface area contributed by atoms with Crippen molar-refractivity contribution in [3.63, 3.8) is 0 Å². The van der Waals surface area contributed by atoms with E-state index in [9.17, 15) is 4.79 Å². The Morgan fingerprint density at radius 2 is 1.95 bits per heavy atom. The minimum atomic E-state index is 0. The van der Waals surface area contributed by atoms with Crippen molar-refractivity contribution in [3.8, 4) is 0 Å². The summed E-state index contributed by atoms with van der Waals surface area (Å²) in [6, 6.07) is 0. The largest absolute Gasteiger partial charge is 0.383 e. The summed E-state index contributed by atoms with van der Waals surface area (Å²) in [5.41, 5.74) is 0. The lowest BCUT2D eigenvalue weighted by atomic mass is 9.98. The lowest BCUT2D eigenvalue weighted by Gasteiger charge is -2.37. The van der Waals surface area contributed by atoms with Gasteiger partial charge in [-0.25, -0.2) is 0 Å². The summed E-state index contributed by atoms with van der Waals surface area (Å²) in [7, 11) is 1.73. The molecule has 0 aliphatic carbocycles. The van der Waals surface area contributed by atoms with Crippen molar-refractivity contribution in [2.45, 2.75) is 12.8 Å². The predicted octanol–water partition coefficient (Wildman–Crippen LogP) is 0.620. The molecule has 2 heterocycles. The smallest absolute Gasteiger partial charge is 0.227 e. The molecule has 2 saturated heterocycles. The highest BCUT2D eigenvalue weighted by molar-refractivity contribution is 5.85. The molecule has 0 aromatic rings. The second kappa shape index (κ2) is 10.6. The number of carbonyl (C=O) groups is 1. The van der Waals surface area contributed by atoms with Gasteiger partial charge in [0, 0.05) is 46.4 Å². The van der Waals surface area contributed by atoms with Crippen LogP contribution in [0, 0.1) is 5.92 Å². The molecule has 7 heteroatoms. The fourth-order valence-corrected chi connectivity index (χ4v) is 2.73. The summed E-state index contributed by atoms with van der Waals surface area (Å²) in [5.74, 6) is 0.567. The Labute approximate surface area is 134 Å². The number of halogens is 2. The van der Waals surface area contributed by atoms with Crippen LogP contribution in [0.4, 0.5) is 0 Å². The van der Waals surface area contributed by atoms with E-state index in [1.165, 1.54) is 0 Å². The first-order valence-electron chi connectivity index (χ1n) is 7.02. The highest BCUT2D eigenvalue weighted by Crippen LogP contribution is 2.14. The number of amides is 1. The molecule has 0 radical (unpaired) electrons. The Morgan fingerprint density at radius 3 is 2.50 bits per heavy atom. The standard InChI is InChI=1S/C13H25N3O2.2ClH/c1-18-10-9-15-5-7-16(8-6-15)13(17)12-3-2-4-14-11-12;;/h12,14H,2-11H2,1H3;2*1H. The molecule has 0 aromatic carbocycles. The van der Waals surface area contributed by atoms with E-state index in [0.717, 1.165) is 65.3 Å². The molecule has 1 N–H and O–H groups in total. The number of rotatable bonds is 4. The van der Waals surface area contributed by atoms with Gasteiger partial charge in [-0.05, 0) is 19.4 Å². The van der Waals surface area contributed by atoms with Gasteiger partial charge in [-0.2, -0.15) is 0 Å². The summed E-state index contributed by atoms with van der Waals surface area (Å²) >= 11 is 0. The van der Waals surface area contributed by atoms with Crippen LogP contribution in [0.5, 0.6) is 0 Å². The van der Waals surface area contributed by atoms with Crippen LogP contribution in [0.25, 0.3) is 0 Å². The first kappa shape index (κ1) is 19.9. The lowest BCUT2D eigenvalue weighted by molar-refractivity contribution is -0.137. The zero-order chi connectivity index (χ0) is 12.8. The predicted molar refractivity (Wildman–Crippen MR) is 85.0 cm³/mol. The van der Waals surface area contributed by atoms with Crippen molar-refractivity contribution in [2.75, 3.05) is 59.5 Å². The fraction of sp³-hybridized carbons (Fsp3) is 0.923. The van der Waals surface area contributed by atoms with Crippen LogP contribution in [0.2, 0.25) is 0 Å². The number of carbonyl (C=O) groups excluding carboxylic acids is 1. The van der Waals surface area contributed by atoms with Gasteiger partial charge in [0.25, 0.3) is 0 Å². The highest BCUT2D eigenvalue weighted by atomic mass is 35.5. The Hall–Kier alpha value is -0.0700. The SMILES string of the molecule is COCCN1CCN(C(=O)C2CCCNC2)CC1.Cl.Cl. The summed E-state index contributed by atoms with van der Waals surface area (Å²) in [4.78, 5) is 16.7. The van der Waals surface area contributed by atoms with Crippen LogP contribution in [-0.2, 0) is 9.53 Å². The van der Waals surface area contributed by atoms with E-state index in [0.29, 0.717) is 5.91 Å². The van der Waals surface area contributed by atoms with E-state index >= 15 is 0 Å². The first-order valence-corrected chi connectivity index (χ1v) is 7.02. The zero-order valence-corrected chi connectivity index (χ0v) is 13.8. The molecule has 0 saturated carbocycles. The van der Waals surface area contributed by atoms with E-state index < -0.39 is 0 Å². The molecule has 2 aliphatic heterocycles. The van der Waals surface area contributed by atoms with Crippen molar-refractivity contribution < 1.29 is 9.53 Å². The molecule has 20 heavy (non-hydrogen) atoms. The van der Waals surface area contributed by atoms with Crippen molar-refractivity contribution >= 4 is 30.7 Å². The Bertz CT molecular complexity index is 268. The van der Waals surface area contributed by atoms with E-state index in [1.807, 2.05) is 4.90 Å². The van der Waals surface area contributed by atoms with Gasteiger partial charge in [0.05, 0.1) is 12.5 Å². The Balaban J connectivity index is 0.00000180. The quantitative estimate of drug-likeness (QED) is 0.822. The minimum absolute atomic E-state index is 0. The molecule has 2 aliphatic rings. The molecule has 0 spiro atoms. The topological polar surface area (TPSA) is 44.8 Å². The number of piperidine rings is 1. The van der Waals surface area contributed by atoms with Crippen LogP contribution >= 0.6 is 24.8 Å². The van der Waals surface area contributed by atoms with E-state index in [1.54, 1.807) is 7.11 Å². The average Bonchev–Trinajstić information content (AvgIpc) is 2.46. The van der Waals surface area contributed by atoms with Crippen LogP contribution in [0.1, 0.15) is 12.8 Å². The third-order valence-electron chi connectivity index (χ3n) is 3.94. The van der Waals surface area contributed by atoms with Crippen molar-refractivity contribution in [1.29, 1.82) is 0 Å². The lowest BCUT2D eigenvalue weighted by Crippen LogP contribution is -2.52. The molecule has 0 bridgehead atoms. The summed E-state index contributed by atoms with van der Waals surface area (Å²) in [5, 5.41) is 3.32. The van der Waals surface area contributed by atoms with Gasteiger partial charge in [-0.1, -0.05) is 0 Å².